The van der Waals surface area contributed by atoms with E-state index in [1.165, 1.54) is 12.1 Å². The highest BCUT2D eigenvalue weighted by Crippen LogP contribution is 2.37. The van der Waals surface area contributed by atoms with Crippen LogP contribution in [0.5, 0.6) is 0 Å². The molecule has 0 radical (unpaired) electrons. The molecule has 5 nitrogen and oxygen atoms in total. The van der Waals surface area contributed by atoms with Crippen molar-refractivity contribution in [1.29, 1.82) is 0 Å². The molecular weight excluding hydrogens is 357 g/mol. The number of aryl methyl sites for hydroxylation is 2. The number of hydrogen-bond acceptors (Lipinski definition) is 3. The van der Waals surface area contributed by atoms with Crippen molar-refractivity contribution in [1.82, 2.24) is 19.7 Å². The lowest BCUT2D eigenvalue weighted by atomic mass is 9.81. The molecule has 1 aromatic carbocycles. The van der Waals surface area contributed by atoms with Crippen molar-refractivity contribution in [3.8, 4) is 0 Å². The van der Waals surface area contributed by atoms with Gasteiger partial charge in [-0.2, -0.15) is 13.2 Å². The highest BCUT2D eigenvalue weighted by atomic mass is 19.4. The van der Waals surface area contributed by atoms with E-state index in [0.29, 0.717) is 37.9 Å². The number of nitrogens with zero attached hydrogens (tertiary/aromatic N) is 4. The van der Waals surface area contributed by atoms with Gasteiger partial charge in [-0.1, -0.05) is 25.1 Å². The fraction of sp³-hybridized carbons (Fsp3) is 0.526. The number of halogens is 3. The van der Waals surface area contributed by atoms with Crippen LogP contribution in [0.1, 0.15) is 42.5 Å². The maximum absolute atomic E-state index is 13.0. The molecule has 1 unspecified atom stereocenters. The SMILES string of the molecule is Cc1nnc(CCC(=O)N2CCC(C)(c3cccc(C(F)(F)F)c3)C2)n1C. The molecule has 1 atom stereocenters. The van der Waals surface area contributed by atoms with Crippen molar-refractivity contribution in [2.75, 3.05) is 13.1 Å². The summed E-state index contributed by atoms with van der Waals surface area (Å²) in [4.78, 5) is 14.3. The van der Waals surface area contributed by atoms with Crippen LogP contribution in [-0.4, -0.2) is 38.7 Å². The lowest BCUT2D eigenvalue weighted by Gasteiger charge is -2.26. The molecule has 0 saturated carbocycles. The first-order valence-corrected chi connectivity index (χ1v) is 8.90. The highest BCUT2D eigenvalue weighted by molar-refractivity contribution is 5.77. The van der Waals surface area contributed by atoms with Crippen molar-refractivity contribution in [2.45, 2.75) is 44.7 Å². The van der Waals surface area contributed by atoms with Crippen LogP contribution >= 0.6 is 0 Å². The molecule has 2 aromatic rings. The molecule has 1 aromatic heterocycles. The number of rotatable bonds is 4. The molecule has 0 bridgehead atoms. The highest BCUT2D eigenvalue weighted by Gasteiger charge is 2.39. The number of carbonyl (C=O) groups is 1. The minimum Gasteiger partial charge on any atom is -0.342 e. The monoisotopic (exact) mass is 380 g/mol. The molecule has 1 saturated heterocycles. The second-order valence-electron chi connectivity index (χ2n) is 7.43. The third-order valence-corrected chi connectivity index (χ3v) is 5.46. The second kappa shape index (κ2) is 6.98. The molecule has 0 aliphatic carbocycles. The van der Waals surface area contributed by atoms with Crippen molar-refractivity contribution in [3.63, 3.8) is 0 Å². The number of benzene rings is 1. The smallest absolute Gasteiger partial charge is 0.342 e. The first-order chi connectivity index (χ1) is 12.6. The van der Waals surface area contributed by atoms with Gasteiger partial charge in [-0.05, 0) is 25.0 Å². The van der Waals surface area contributed by atoms with Crippen molar-refractivity contribution < 1.29 is 18.0 Å². The summed E-state index contributed by atoms with van der Waals surface area (Å²) in [6.45, 7) is 4.73. The minimum absolute atomic E-state index is 0.00801. The van der Waals surface area contributed by atoms with Crippen LogP contribution in [0.15, 0.2) is 24.3 Å². The fourth-order valence-electron chi connectivity index (χ4n) is 3.53. The third-order valence-electron chi connectivity index (χ3n) is 5.46. The van der Waals surface area contributed by atoms with Crippen LogP contribution in [0, 0.1) is 6.92 Å². The maximum atomic E-state index is 13.0. The topological polar surface area (TPSA) is 51.0 Å². The Labute approximate surface area is 156 Å². The standard InChI is InChI=1S/C19H23F3N4O/c1-13-23-24-16(25(13)3)7-8-17(27)26-10-9-18(2,12-26)14-5-4-6-15(11-14)19(20,21)22/h4-6,11H,7-10,12H2,1-3H3. The van der Waals surface area contributed by atoms with E-state index in [2.05, 4.69) is 10.2 Å². The molecule has 1 amide bonds. The van der Waals surface area contributed by atoms with E-state index < -0.39 is 17.2 Å². The number of amides is 1. The molecule has 3 rings (SSSR count). The number of alkyl halides is 3. The maximum Gasteiger partial charge on any atom is 0.416 e. The largest absolute Gasteiger partial charge is 0.416 e. The molecule has 2 heterocycles. The molecule has 1 aliphatic rings. The summed E-state index contributed by atoms with van der Waals surface area (Å²) in [6.07, 6.45) is -2.92. The Morgan fingerprint density at radius 3 is 2.67 bits per heavy atom. The minimum atomic E-state index is -4.37. The van der Waals surface area contributed by atoms with Gasteiger partial charge in [0.15, 0.2) is 0 Å². The van der Waals surface area contributed by atoms with Crippen LogP contribution in [0.3, 0.4) is 0 Å². The van der Waals surface area contributed by atoms with Crippen molar-refractivity contribution in [3.05, 3.63) is 47.0 Å². The predicted octanol–water partition coefficient (Wildman–Crippen LogP) is 3.27. The molecule has 1 aliphatic heterocycles. The second-order valence-corrected chi connectivity index (χ2v) is 7.43. The van der Waals surface area contributed by atoms with Gasteiger partial charge < -0.3 is 9.47 Å². The van der Waals surface area contributed by atoms with Gasteiger partial charge in [0.25, 0.3) is 0 Å². The van der Waals surface area contributed by atoms with E-state index in [4.69, 9.17) is 0 Å². The zero-order valence-corrected chi connectivity index (χ0v) is 15.7. The van der Waals surface area contributed by atoms with Gasteiger partial charge in [-0.25, -0.2) is 0 Å². The van der Waals surface area contributed by atoms with Gasteiger partial charge in [-0.3, -0.25) is 4.79 Å². The normalized spacial score (nSPS) is 20.3. The molecule has 146 valence electrons. The van der Waals surface area contributed by atoms with Gasteiger partial charge in [0.2, 0.25) is 5.91 Å². The van der Waals surface area contributed by atoms with E-state index in [1.54, 1.807) is 11.0 Å². The van der Waals surface area contributed by atoms with E-state index in [0.717, 1.165) is 17.7 Å². The Morgan fingerprint density at radius 2 is 2.04 bits per heavy atom. The van der Waals surface area contributed by atoms with E-state index >= 15 is 0 Å². The van der Waals surface area contributed by atoms with Crippen molar-refractivity contribution in [2.24, 2.45) is 7.05 Å². The lowest BCUT2D eigenvalue weighted by molar-refractivity contribution is -0.137. The van der Waals surface area contributed by atoms with Crippen LogP contribution in [-0.2, 0) is 29.9 Å². The predicted molar refractivity (Wildman–Crippen MR) is 94.1 cm³/mol. The number of likely N-dealkylation sites (tertiary alicyclic amines) is 1. The molecule has 1 fully saturated rings. The van der Waals surface area contributed by atoms with Gasteiger partial charge in [0, 0.05) is 38.4 Å². The summed E-state index contributed by atoms with van der Waals surface area (Å²) < 4.78 is 40.9. The molecular formula is C19H23F3N4O. The first kappa shape index (κ1) is 19.4. The lowest BCUT2D eigenvalue weighted by Crippen LogP contribution is -2.33. The summed E-state index contributed by atoms with van der Waals surface area (Å²) in [5.41, 5.74) is -0.502. The summed E-state index contributed by atoms with van der Waals surface area (Å²) in [5, 5.41) is 8.04. The van der Waals surface area contributed by atoms with Crippen LogP contribution < -0.4 is 0 Å². The molecule has 27 heavy (non-hydrogen) atoms. The number of carbonyl (C=O) groups excluding carboxylic acids is 1. The summed E-state index contributed by atoms with van der Waals surface area (Å²) >= 11 is 0. The van der Waals surface area contributed by atoms with Gasteiger partial charge in [0.1, 0.15) is 11.6 Å². The average Bonchev–Trinajstić information content (AvgIpc) is 3.17. The van der Waals surface area contributed by atoms with Gasteiger partial charge in [0.05, 0.1) is 5.56 Å². The Kier molecular flexibility index (Phi) is 5.01. The zero-order chi connectivity index (χ0) is 19.8. The molecule has 0 spiro atoms. The summed E-state index contributed by atoms with van der Waals surface area (Å²) in [5.74, 6) is 1.53. The Bertz CT molecular complexity index is 846. The number of hydrogen-bond donors (Lipinski definition) is 0. The van der Waals surface area contributed by atoms with Gasteiger partial charge in [-0.15, -0.1) is 10.2 Å². The fourth-order valence-corrected chi connectivity index (χ4v) is 3.53. The van der Waals surface area contributed by atoms with E-state index in [9.17, 15) is 18.0 Å². The quantitative estimate of drug-likeness (QED) is 0.818. The first-order valence-electron chi connectivity index (χ1n) is 8.90. The Balaban J connectivity index is 1.66. The molecule has 8 heteroatoms. The van der Waals surface area contributed by atoms with Gasteiger partial charge >= 0.3 is 6.18 Å². The van der Waals surface area contributed by atoms with Crippen LogP contribution in [0.4, 0.5) is 13.2 Å². The summed E-state index contributed by atoms with van der Waals surface area (Å²) in [7, 11) is 1.86. The Hall–Kier alpha value is -2.38. The van der Waals surface area contributed by atoms with E-state index in [1.807, 2.05) is 25.5 Å². The van der Waals surface area contributed by atoms with Crippen molar-refractivity contribution >= 4 is 5.91 Å². The summed E-state index contributed by atoms with van der Waals surface area (Å²) in [6, 6.07) is 5.43. The molecule has 0 N–H and O–H groups in total. The third kappa shape index (κ3) is 3.99. The zero-order valence-electron chi connectivity index (χ0n) is 15.7. The number of aromatic nitrogens is 3. The Morgan fingerprint density at radius 1 is 1.30 bits per heavy atom. The van der Waals surface area contributed by atoms with Crippen LogP contribution in [0.2, 0.25) is 0 Å². The van der Waals surface area contributed by atoms with E-state index in [-0.39, 0.29) is 5.91 Å². The average molecular weight is 380 g/mol. The van der Waals surface area contributed by atoms with Crippen LogP contribution in [0.25, 0.3) is 0 Å².